The van der Waals surface area contributed by atoms with Crippen molar-refractivity contribution in [1.29, 1.82) is 0 Å². The Bertz CT molecular complexity index is 1330. The third-order valence-electron chi connectivity index (χ3n) is 5.99. The Hall–Kier alpha value is -3.71. The van der Waals surface area contributed by atoms with Gasteiger partial charge in [0.15, 0.2) is 0 Å². The molecular formula is C31H27F3O. The van der Waals surface area contributed by atoms with Crippen LogP contribution in [-0.2, 0) is 19.3 Å². The third-order valence-corrected chi connectivity index (χ3v) is 5.99. The molecule has 0 aliphatic carbocycles. The van der Waals surface area contributed by atoms with E-state index in [1.165, 1.54) is 30.5 Å². The molecule has 35 heavy (non-hydrogen) atoms. The Kier molecular flexibility index (Phi) is 8.11. The maximum absolute atomic E-state index is 15.1. The van der Waals surface area contributed by atoms with Crippen molar-refractivity contribution < 1.29 is 17.9 Å². The monoisotopic (exact) mass is 472 g/mol. The predicted molar refractivity (Wildman–Crippen MR) is 135 cm³/mol. The van der Waals surface area contributed by atoms with E-state index in [-0.39, 0.29) is 11.6 Å². The molecule has 0 bridgehead atoms. The molecule has 0 aliphatic heterocycles. The molecule has 0 atom stereocenters. The minimum atomic E-state index is -2.85. The molecule has 4 heteroatoms. The first-order chi connectivity index (χ1) is 17.0. The predicted octanol–water partition coefficient (Wildman–Crippen LogP) is 8.11. The maximum Gasteiger partial charge on any atom is 0.387 e. The Morgan fingerprint density at radius 2 is 1.40 bits per heavy atom. The van der Waals surface area contributed by atoms with Crippen molar-refractivity contribution in [1.82, 2.24) is 0 Å². The number of hydrogen-bond acceptors (Lipinski definition) is 1. The molecule has 0 radical (unpaired) electrons. The Morgan fingerprint density at radius 3 is 2.11 bits per heavy atom. The molecule has 0 saturated heterocycles. The summed E-state index contributed by atoms with van der Waals surface area (Å²) in [5.41, 5.74) is 4.67. The van der Waals surface area contributed by atoms with Crippen molar-refractivity contribution in [2.45, 2.75) is 45.6 Å². The fraction of sp³-hybridized carbons (Fsp3) is 0.226. The number of unbranched alkanes of at least 4 members (excludes halogenated alkanes) is 1. The number of ether oxygens (including phenoxy) is 1. The van der Waals surface area contributed by atoms with Crippen LogP contribution in [0.3, 0.4) is 0 Å². The van der Waals surface area contributed by atoms with Gasteiger partial charge in [0, 0.05) is 16.5 Å². The van der Waals surface area contributed by atoms with Crippen LogP contribution in [0, 0.1) is 17.7 Å². The normalized spacial score (nSPS) is 10.9. The van der Waals surface area contributed by atoms with Crippen molar-refractivity contribution in [3.8, 4) is 17.6 Å². The highest BCUT2D eigenvalue weighted by Gasteiger charge is 2.09. The van der Waals surface area contributed by atoms with Crippen molar-refractivity contribution in [2.24, 2.45) is 0 Å². The smallest absolute Gasteiger partial charge is 0.387 e. The summed E-state index contributed by atoms with van der Waals surface area (Å²) in [5.74, 6) is 6.26. The summed E-state index contributed by atoms with van der Waals surface area (Å²) in [6.45, 7) is -0.657. The molecular weight excluding hydrogens is 445 g/mol. The zero-order valence-electron chi connectivity index (χ0n) is 19.7. The van der Waals surface area contributed by atoms with Crippen LogP contribution in [0.15, 0.2) is 78.9 Å². The summed E-state index contributed by atoms with van der Waals surface area (Å²) in [4.78, 5) is 0. The SMILES string of the molecule is CCCCc1ccc(C#Cc2ccc3c(F)c(CCc4ccc(OC(F)F)cc4)ccc3c2)cc1. The largest absolute Gasteiger partial charge is 0.435 e. The number of rotatable bonds is 8. The van der Waals surface area contributed by atoms with E-state index in [9.17, 15) is 8.78 Å². The van der Waals surface area contributed by atoms with Gasteiger partial charge in [-0.3, -0.25) is 0 Å². The van der Waals surface area contributed by atoms with E-state index < -0.39 is 6.61 Å². The van der Waals surface area contributed by atoms with Gasteiger partial charge < -0.3 is 4.74 Å². The van der Waals surface area contributed by atoms with Gasteiger partial charge in [-0.1, -0.05) is 67.6 Å². The van der Waals surface area contributed by atoms with Gasteiger partial charge in [0.1, 0.15) is 11.6 Å². The van der Waals surface area contributed by atoms with Crippen molar-refractivity contribution in [2.75, 3.05) is 0 Å². The van der Waals surface area contributed by atoms with E-state index in [2.05, 4.69) is 35.6 Å². The van der Waals surface area contributed by atoms with Gasteiger partial charge >= 0.3 is 6.61 Å². The summed E-state index contributed by atoms with van der Waals surface area (Å²) in [6.07, 6.45) is 4.56. The standard InChI is InChI=1S/C31H27F3O/c1-2-3-4-22-5-7-23(8-6-22)9-10-25-14-20-29-27(21-25)17-16-26(30(29)32)15-11-24-12-18-28(19-13-24)35-31(33)34/h5-8,12-14,16-21,31H,2-4,11,15H2,1H3. The highest BCUT2D eigenvalue weighted by Crippen LogP contribution is 2.24. The molecule has 0 spiro atoms. The Balaban J connectivity index is 1.43. The van der Waals surface area contributed by atoms with Gasteiger partial charge in [0.25, 0.3) is 0 Å². The van der Waals surface area contributed by atoms with E-state index in [0.717, 1.165) is 28.5 Å². The van der Waals surface area contributed by atoms with E-state index in [4.69, 9.17) is 0 Å². The first-order valence-corrected chi connectivity index (χ1v) is 11.9. The second kappa shape index (κ2) is 11.6. The number of benzene rings is 4. The molecule has 0 aromatic heterocycles. The average Bonchev–Trinajstić information content (AvgIpc) is 2.87. The molecule has 178 valence electrons. The van der Waals surface area contributed by atoms with Crippen molar-refractivity contribution in [3.05, 3.63) is 112 Å². The summed E-state index contributed by atoms with van der Waals surface area (Å²) in [5, 5.41) is 1.37. The number of halogens is 3. The number of aryl methyl sites for hydroxylation is 3. The summed E-state index contributed by atoms with van der Waals surface area (Å²) in [7, 11) is 0. The zero-order chi connectivity index (χ0) is 24.6. The lowest BCUT2D eigenvalue weighted by Crippen LogP contribution is -2.02. The second-order valence-corrected chi connectivity index (χ2v) is 8.55. The molecule has 4 rings (SSSR count). The van der Waals surface area contributed by atoms with Crippen molar-refractivity contribution >= 4 is 10.8 Å². The van der Waals surface area contributed by atoms with Gasteiger partial charge in [-0.05, 0) is 84.2 Å². The fourth-order valence-electron chi connectivity index (χ4n) is 4.00. The second-order valence-electron chi connectivity index (χ2n) is 8.55. The van der Waals surface area contributed by atoms with Crippen LogP contribution in [0.5, 0.6) is 5.75 Å². The molecule has 0 amide bonds. The minimum absolute atomic E-state index is 0.114. The minimum Gasteiger partial charge on any atom is -0.435 e. The van der Waals surface area contributed by atoms with Gasteiger partial charge in [0.05, 0.1) is 0 Å². The molecule has 0 N–H and O–H groups in total. The lowest BCUT2D eigenvalue weighted by molar-refractivity contribution is -0.0498. The lowest BCUT2D eigenvalue weighted by atomic mass is 9.99. The topological polar surface area (TPSA) is 9.23 Å². The van der Waals surface area contributed by atoms with Crippen LogP contribution < -0.4 is 4.74 Å². The molecule has 0 aliphatic rings. The van der Waals surface area contributed by atoms with Crippen molar-refractivity contribution in [3.63, 3.8) is 0 Å². The quantitative estimate of drug-likeness (QED) is 0.235. The number of hydrogen-bond donors (Lipinski definition) is 0. The molecule has 1 nitrogen and oxygen atoms in total. The van der Waals surface area contributed by atoms with Gasteiger partial charge in [-0.2, -0.15) is 8.78 Å². The molecule has 4 aromatic carbocycles. The van der Waals surface area contributed by atoms with E-state index in [1.54, 1.807) is 24.3 Å². The van der Waals surface area contributed by atoms with Crippen LogP contribution in [0.4, 0.5) is 13.2 Å². The molecule has 0 fully saturated rings. The first-order valence-electron chi connectivity index (χ1n) is 11.9. The average molecular weight is 473 g/mol. The van der Waals surface area contributed by atoms with E-state index in [0.29, 0.717) is 23.8 Å². The van der Waals surface area contributed by atoms with Crippen LogP contribution in [0.1, 0.15) is 47.6 Å². The van der Waals surface area contributed by atoms with Crippen LogP contribution in [-0.4, -0.2) is 6.61 Å². The van der Waals surface area contributed by atoms with Crippen LogP contribution in [0.2, 0.25) is 0 Å². The first kappa shape index (κ1) is 24.4. The lowest BCUT2D eigenvalue weighted by Gasteiger charge is -2.08. The summed E-state index contributed by atoms with van der Waals surface area (Å²) >= 11 is 0. The van der Waals surface area contributed by atoms with Gasteiger partial charge in [0.2, 0.25) is 0 Å². The van der Waals surface area contributed by atoms with E-state index in [1.807, 2.05) is 30.3 Å². The highest BCUT2D eigenvalue weighted by atomic mass is 19.3. The highest BCUT2D eigenvalue weighted by molar-refractivity contribution is 5.85. The van der Waals surface area contributed by atoms with Crippen LogP contribution >= 0.6 is 0 Å². The molecule has 0 saturated carbocycles. The summed E-state index contributed by atoms with van der Waals surface area (Å²) < 4.78 is 44.1. The number of fused-ring (bicyclic) bond motifs is 1. The van der Waals surface area contributed by atoms with Gasteiger partial charge in [-0.25, -0.2) is 4.39 Å². The number of alkyl halides is 2. The molecule has 4 aromatic rings. The van der Waals surface area contributed by atoms with Crippen LogP contribution in [0.25, 0.3) is 10.8 Å². The third kappa shape index (κ3) is 6.67. The Morgan fingerprint density at radius 1 is 0.743 bits per heavy atom. The van der Waals surface area contributed by atoms with Gasteiger partial charge in [-0.15, -0.1) is 0 Å². The Labute approximate surface area is 204 Å². The maximum atomic E-state index is 15.1. The summed E-state index contributed by atoms with van der Waals surface area (Å²) in [6, 6.07) is 24.1. The molecule has 0 heterocycles. The molecule has 0 unspecified atom stereocenters. The van der Waals surface area contributed by atoms with E-state index >= 15 is 4.39 Å². The fourth-order valence-corrected chi connectivity index (χ4v) is 4.00. The zero-order valence-corrected chi connectivity index (χ0v) is 19.7.